The molecule has 0 fully saturated rings. The van der Waals surface area contributed by atoms with Crippen LogP contribution in [0.4, 0.5) is 0 Å². The molecule has 0 saturated heterocycles. The van der Waals surface area contributed by atoms with Crippen LogP contribution in [0.15, 0.2) is 28.1 Å². The second-order valence-corrected chi connectivity index (χ2v) is 4.97. The second-order valence-electron chi connectivity index (χ2n) is 4.03. The Balaban J connectivity index is 1.94. The van der Waals surface area contributed by atoms with Crippen LogP contribution in [0.25, 0.3) is 6.08 Å². The van der Waals surface area contributed by atoms with E-state index in [1.165, 1.54) is 17.4 Å². The molecule has 7 heteroatoms. The highest BCUT2D eigenvalue weighted by Crippen LogP contribution is 2.16. The van der Waals surface area contributed by atoms with Gasteiger partial charge in [-0.15, -0.1) is 11.3 Å². The predicted octanol–water partition coefficient (Wildman–Crippen LogP) is 2.07. The maximum atomic E-state index is 11.9. The van der Waals surface area contributed by atoms with E-state index in [9.17, 15) is 9.59 Å². The molecule has 0 radical (unpaired) electrons. The van der Waals surface area contributed by atoms with Crippen LogP contribution >= 0.6 is 11.3 Å². The summed E-state index contributed by atoms with van der Waals surface area (Å²) in [5.41, 5.74) is 1.24. The first-order valence-corrected chi connectivity index (χ1v) is 6.62. The van der Waals surface area contributed by atoms with E-state index in [1.54, 1.807) is 24.4 Å². The first kappa shape index (κ1) is 14.0. The Kier molecular flexibility index (Phi) is 4.31. The first-order chi connectivity index (χ1) is 9.54. The number of rotatable bonds is 5. The molecule has 2 heterocycles. The average Bonchev–Trinajstić information content (AvgIpc) is 3.02. The molecule has 0 aliphatic carbocycles. The number of nitrogens with zero attached hydrogens (tertiary/aromatic N) is 1. The summed E-state index contributed by atoms with van der Waals surface area (Å²) in [6.07, 6.45) is 2.48. The van der Waals surface area contributed by atoms with Gasteiger partial charge >= 0.3 is 5.97 Å². The summed E-state index contributed by atoms with van der Waals surface area (Å²) in [5, 5.41) is 16.6. The van der Waals surface area contributed by atoms with Gasteiger partial charge in [-0.25, -0.2) is 4.79 Å². The van der Waals surface area contributed by atoms with Crippen molar-refractivity contribution in [3.05, 3.63) is 45.5 Å². The predicted molar refractivity (Wildman–Crippen MR) is 73.4 cm³/mol. The Morgan fingerprint density at radius 2 is 2.30 bits per heavy atom. The van der Waals surface area contributed by atoms with Gasteiger partial charge in [-0.2, -0.15) is 0 Å². The number of hydrogen-bond donors (Lipinski definition) is 2. The molecule has 0 aliphatic heterocycles. The molecule has 0 atom stereocenters. The number of carbonyl (C=O) groups excluding carboxylic acids is 1. The summed E-state index contributed by atoms with van der Waals surface area (Å²) in [6.45, 7) is 2.06. The molecular weight excluding hydrogens is 280 g/mol. The van der Waals surface area contributed by atoms with E-state index in [0.29, 0.717) is 16.2 Å². The fourth-order valence-corrected chi connectivity index (χ4v) is 2.26. The maximum Gasteiger partial charge on any atom is 0.328 e. The summed E-state index contributed by atoms with van der Waals surface area (Å²) in [4.78, 5) is 23.0. The van der Waals surface area contributed by atoms with Crippen molar-refractivity contribution in [2.75, 3.05) is 0 Å². The molecule has 0 aromatic carbocycles. The maximum absolute atomic E-state index is 11.9. The number of amides is 1. The van der Waals surface area contributed by atoms with Gasteiger partial charge in [0.15, 0.2) is 5.76 Å². The molecule has 20 heavy (non-hydrogen) atoms. The van der Waals surface area contributed by atoms with Crippen molar-refractivity contribution >= 4 is 29.3 Å². The van der Waals surface area contributed by atoms with E-state index in [1.807, 2.05) is 0 Å². The molecule has 0 saturated carbocycles. The summed E-state index contributed by atoms with van der Waals surface area (Å²) in [6, 6.07) is 3.38. The quantitative estimate of drug-likeness (QED) is 0.823. The number of aryl methyl sites for hydroxylation is 1. The molecule has 2 rings (SSSR count). The molecule has 0 bridgehead atoms. The molecule has 2 aromatic rings. The Hall–Kier alpha value is -2.41. The van der Waals surface area contributed by atoms with Gasteiger partial charge in [0.25, 0.3) is 5.91 Å². The van der Waals surface area contributed by atoms with E-state index >= 15 is 0 Å². The number of aromatic nitrogens is 1. The summed E-state index contributed by atoms with van der Waals surface area (Å²) < 4.78 is 4.98. The molecule has 2 N–H and O–H groups in total. The van der Waals surface area contributed by atoms with Crippen LogP contribution in [0.5, 0.6) is 0 Å². The van der Waals surface area contributed by atoms with Crippen molar-refractivity contribution in [2.24, 2.45) is 0 Å². The number of carboxylic acids is 1. The van der Waals surface area contributed by atoms with Gasteiger partial charge in [-0.05, 0) is 19.1 Å². The Labute approximate surface area is 118 Å². The third-order valence-corrected chi connectivity index (χ3v) is 3.27. The van der Waals surface area contributed by atoms with Crippen LogP contribution < -0.4 is 5.32 Å². The largest absolute Gasteiger partial charge is 0.478 e. The average molecular weight is 292 g/mol. The van der Waals surface area contributed by atoms with Crippen molar-refractivity contribution < 1.29 is 19.2 Å². The van der Waals surface area contributed by atoms with E-state index in [0.717, 1.165) is 11.8 Å². The van der Waals surface area contributed by atoms with Crippen molar-refractivity contribution in [1.29, 1.82) is 0 Å². The lowest BCUT2D eigenvalue weighted by atomic mass is 10.2. The molecular formula is C13H12N2O4S. The second kappa shape index (κ2) is 6.16. The minimum atomic E-state index is -1.02. The van der Waals surface area contributed by atoms with Crippen molar-refractivity contribution in [3.8, 4) is 0 Å². The van der Waals surface area contributed by atoms with Crippen LogP contribution in [0.1, 0.15) is 26.7 Å². The summed E-state index contributed by atoms with van der Waals surface area (Å²) >= 11 is 1.30. The van der Waals surface area contributed by atoms with Crippen molar-refractivity contribution in [2.45, 2.75) is 13.5 Å². The minimum absolute atomic E-state index is 0.245. The molecule has 0 aliphatic rings. The highest BCUT2D eigenvalue weighted by atomic mass is 32.1. The van der Waals surface area contributed by atoms with Crippen LogP contribution in [-0.2, 0) is 11.3 Å². The molecule has 1 amide bonds. The number of carbonyl (C=O) groups is 2. The van der Waals surface area contributed by atoms with Crippen LogP contribution in [0.3, 0.4) is 0 Å². The number of nitrogens with one attached hydrogen (secondary N) is 1. The molecule has 0 spiro atoms. The van der Waals surface area contributed by atoms with Gasteiger partial charge in [0.1, 0.15) is 0 Å². The number of carboxylic acid groups (broad SMARTS) is 1. The smallest absolute Gasteiger partial charge is 0.328 e. The van der Waals surface area contributed by atoms with Crippen LogP contribution in [0, 0.1) is 6.92 Å². The first-order valence-electron chi connectivity index (χ1n) is 5.74. The van der Waals surface area contributed by atoms with Gasteiger partial charge in [0.05, 0.1) is 17.8 Å². The van der Waals surface area contributed by atoms with Crippen LogP contribution in [-0.4, -0.2) is 22.1 Å². The number of hydrogen-bond acceptors (Lipinski definition) is 5. The topological polar surface area (TPSA) is 92.4 Å². The van der Waals surface area contributed by atoms with Crippen molar-refractivity contribution in [1.82, 2.24) is 10.5 Å². The van der Waals surface area contributed by atoms with Gasteiger partial charge in [-0.3, -0.25) is 4.79 Å². The zero-order chi connectivity index (χ0) is 14.5. The highest BCUT2D eigenvalue weighted by molar-refractivity contribution is 7.11. The number of thiophene rings is 1. The molecule has 2 aromatic heterocycles. The zero-order valence-electron chi connectivity index (χ0n) is 10.6. The van der Waals surface area contributed by atoms with Gasteiger partial charge in [0, 0.05) is 22.4 Å². The van der Waals surface area contributed by atoms with Crippen molar-refractivity contribution in [3.63, 3.8) is 0 Å². The molecule has 0 unspecified atom stereocenters. The lowest BCUT2D eigenvalue weighted by molar-refractivity contribution is -0.131. The van der Waals surface area contributed by atoms with E-state index in [2.05, 4.69) is 10.5 Å². The fraction of sp³-hybridized carbons (Fsp3) is 0.154. The Morgan fingerprint density at radius 1 is 1.50 bits per heavy atom. The standard InChI is InChI=1S/C13H12N2O4S/c1-8-4-10(19-15-8)6-14-13(18)9-5-11(20-7-9)2-3-12(16)17/h2-5,7H,6H2,1H3,(H,14,18)(H,16,17). The normalized spacial score (nSPS) is 10.8. The van der Waals surface area contributed by atoms with Gasteiger partial charge < -0.3 is 14.9 Å². The lowest BCUT2D eigenvalue weighted by Gasteiger charge is -1.99. The SMILES string of the molecule is Cc1cc(CNC(=O)c2csc(C=CC(=O)O)c2)on1. The van der Waals surface area contributed by atoms with E-state index in [-0.39, 0.29) is 12.5 Å². The fourth-order valence-electron chi connectivity index (χ4n) is 1.48. The van der Waals surface area contributed by atoms with Gasteiger partial charge in [-0.1, -0.05) is 5.16 Å². The summed E-state index contributed by atoms with van der Waals surface area (Å²) in [5.74, 6) is -0.688. The third-order valence-electron chi connectivity index (χ3n) is 2.37. The van der Waals surface area contributed by atoms with E-state index in [4.69, 9.17) is 9.63 Å². The van der Waals surface area contributed by atoms with Crippen LogP contribution in [0.2, 0.25) is 0 Å². The van der Waals surface area contributed by atoms with Gasteiger partial charge in [0.2, 0.25) is 0 Å². The molecule has 104 valence electrons. The zero-order valence-corrected chi connectivity index (χ0v) is 11.4. The summed E-state index contributed by atoms with van der Waals surface area (Å²) in [7, 11) is 0. The monoisotopic (exact) mass is 292 g/mol. The number of aliphatic carboxylic acids is 1. The van der Waals surface area contributed by atoms with E-state index < -0.39 is 5.97 Å². The highest BCUT2D eigenvalue weighted by Gasteiger charge is 2.09. The lowest BCUT2D eigenvalue weighted by Crippen LogP contribution is -2.21. The third kappa shape index (κ3) is 3.79. The molecule has 6 nitrogen and oxygen atoms in total. The Bertz CT molecular complexity index is 657. The Morgan fingerprint density at radius 3 is 2.95 bits per heavy atom. The minimum Gasteiger partial charge on any atom is -0.478 e.